The molecule has 0 unspecified atom stereocenters. The Hall–Kier alpha value is -1.55. The molecular formula is C16H22NO3. The highest BCUT2D eigenvalue weighted by atomic mass is 16.5. The lowest BCUT2D eigenvalue weighted by Crippen LogP contribution is -2.27. The average Bonchev–Trinajstić information content (AvgIpc) is 2.50. The van der Waals surface area contributed by atoms with E-state index in [-0.39, 0.29) is 11.7 Å². The molecule has 0 aliphatic carbocycles. The van der Waals surface area contributed by atoms with Crippen molar-refractivity contribution in [3.05, 3.63) is 23.8 Å². The quantitative estimate of drug-likeness (QED) is 0.751. The number of nitrogens with zero attached hydrogens (tertiary/aromatic N) is 1. The average molecular weight is 276 g/mol. The molecule has 0 bridgehead atoms. The molecule has 0 spiro atoms. The second kappa shape index (κ2) is 7.29. The molecule has 1 aromatic rings. The van der Waals surface area contributed by atoms with Crippen LogP contribution in [0.2, 0.25) is 0 Å². The van der Waals surface area contributed by atoms with Crippen molar-refractivity contribution in [2.24, 2.45) is 5.92 Å². The molecule has 109 valence electrons. The summed E-state index contributed by atoms with van der Waals surface area (Å²) < 4.78 is 11.1. The number of hydrogen-bond donors (Lipinski definition) is 0. The molecule has 4 heteroatoms. The molecule has 0 amide bonds. The molecule has 1 radical (unpaired) electrons. The fourth-order valence-corrected chi connectivity index (χ4v) is 2.45. The molecular weight excluding hydrogens is 254 g/mol. The fourth-order valence-electron chi connectivity index (χ4n) is 2.45. The molecule has 4 nitrogen and oxygen atoms in total. The minimum absolute atomic E-state index is 0.0971. The van der Waals surface area contributed by atoms with Crippen LogP contribution in [0.3, 0.4) is 0 Å². The Bertz CT molecular complexity index is 453. The van der Waals surface area contributed by atoms with E-state index in [2.05, 4.69) is 5.32 Å². The van der Waals surface area contributed by atoms with Crippen molar-refractivity contribution in [3.8, 4) is 11.5 Å². The second-order valence-electron chi connectivity index (χ2n) is 4.84. The first kappa shape index (κ1) is 14.9. The number of carbonyl (C=O) groups excluding carboxylic acids is 1. The van der Waals surface area contributed by atoms with Gasteiger partial charge in [-0.3, -0.25) is 4.79 Å². The molecule has 1 saturated heterocycles. The molecule has 20 heavy (non-hydrogen) atoms. The number of Topliss-reactive ketones (excluding diaryl/α,β-unsaturated/α-hetero) is 1. The number of benzene rings is 1. The van der Waals surface area contributed by atoms with Crippen LogP contribution in [0.15, 0.2) is 18.2 Å². The molecule has 0 atom stereocenters. The largest absolute Gasteiger partial charge is 0.490 e. The Labute approximate surface area is 120 Å². The van der Waals surface area contributed by atoms with E-state index >= 15 is 0 Å². The van der Waals surface area contributed by atoms with Gasteiger partial charge >= 0.3 is 0 Å². The predicted octanol–water partition coefficient (Wildman–Crippen LogP) is 2.68. The van der Waals surface area contributed by atoms with Crippen molar-refractivity contribution in [2.45, 2.75) is 26.7 Å². The summed E-state index contributed by atoms with van der Waals surface area (Å²) in [6.07, 6.45) is 1.71. The fraction of sp³-hybridized carbons (Fsp3) is 0.562. The molecule has 2 rings (SSSR count). The summed E-state index contributed by atoms with van der Waals surface area (Å²) in [6, 6.07) is 5.47. The number of ketones is 1. The maximum absolute atomic E-state index is 12.5. The third-order valence-corrected chi connectivity index (χ3v) is 3.47. The molecule has 0 aromatic heterocycles. The van der Waals surface area contributed by atoms with E-state index in [4.69, 9.17) is 9.47 Å². The zero-order chi connectivity index (χ0) is 14.4. The van der Waals surface area contributed by atoms with Gasteiger partial charge in [0, 0.05) is 24.6 Å². The Kier molecular flexibility index (Phi) is 5.41. The summed E-state index contributed by atoms with van der Waals surface area (Å²) in [5, 5.41) is 4.29. The van der Waals surface area contributed by atoms with Gasteiger partial charge in [0.15, 0.2) is 17.3 Å². The maximum atomic E-state index is 12.5. The zero-order valence-electron chi connectivity index (χ0n) is 12.2. The summed E-state index contributed by atoms with van der Waals surface area (Å²) in [6.45, 7) is 6.59. The molecule has 1 fully saturated rings. The van der Waals surface area contributed by atoms with Gasteiger partial charge in [0.25, 0.3) is 0 Å². The number of ether oxygens (including phenoxy) is 2. The van der Waals surface area contributed by atoms with E-state index in [1.54, 1.807) is 0 Å². The van der Waals surface area contributed by atoms with Crippen LogP contribution in [0.1, 0.15) is 37.0 Å². The molecule has 0 saturated carbocycles. The van der Waals surface area contributed by atoms with E-state index in [0.717, 1.165) is 25.9 Å². The Balaban J connectivity index is 2.18. The van der Waals surface area contributed by atoms with Gasteiger partial charge < -0.3 is 9.47 Å². The van der Waals surface area contributed by atoms with Gasteiger partial charge in [0.2, 0.25) is 0 Å². The first-order chi connectivity index (χ1) is 9.76. The third-order valence-electron chi connectivity index (χ3n) is 3.47. The van der Waals surface area contributed by atoms with Gasteiger partial charge in [-0.1, -0.05) is 0 Å². The maximum Gasteiger partial charge on any atom is 0.166 e. The molecule has 1 aromatic carbocycles. The summed E-state index contributed by atoms with van der Waals surface area (Å²) in [7, 11) is 0. The van der Waals surface area contributed by atoms with Crippen LogP contribution in [-0.2, 0) is 0 Å². The summed E-state index contributed by atoms with van der Waals surface area (Å²) in [5.74, 6) is 1.65. The summed E-state index contributed by atoms with van der Waals surface area (Å²) >= 11 is 0. The molecule has 1 aliphatic heterocycles. The highest BCUT2D eigenvalue weighted by Crippen LogP contribution is 2.30. The van der Waals surface area contributed by atoms with Crippen molar-refractivity contribution >= 4 is 5.78 Å². The third kappa shape index (κ3) is 3.51. The lowest BCUT2D eigenvalue weighted by atomic mass is 9.89. The van der Waals surface area contributed by atoms with Crippen molar-refractivity contribution < 1.29 is 14.3 Å². The monoisotopic (exact) mass is 276 g/mol. The molecule has 1 heterocycles. The lowest BCUT2D eigenvalue weighted by molar-refractivity contribution is 0.0893. The minimum atomic E-state index is 0.0971. The zero-order valence-corrected chi connectivity index (χ0v) is 12.2. The normalized spacial score (nSPS) is 15.9. The lowest BCUT2D eigenvalue weighted by Gasteiger charge is -2.21. The van der Waals surface area contributed by atoms with Gasteiger partial charge in [0.1, 0.15) is 0 Å². The van der Waals surface area contributed by atoms with Crippen LogP contribution in [-0.4, -0.2) is 32.1 Å². The van der Waals surface area contributed by atoms with E-state index in [1.807, 2.05) is 32.0 Å². The Morgan fingerprint density at radius 1 is 1.15 bits per heavy atom. The topological polar surface area (TPSA) is 49.6 Å². The predicted molar refractivity (Wildman–Crippen MR) is 77.7 cm³/mol. The molecule has 1 aliphatic rings. The van der Waals surface area contributed by atoms with Crippen LogP contribution in [0.4, 0.5) is 0 Å². The van der Waals surface area contributed by atoms with Crippen molar-refractivity contribution in [2.75, 3.05) is 26.3 Å². The Morgan fingerprint density at radius 2 is 1.80 bits per heavy atom. The van der Waals surface area contributed by atoms with Crippen LogP contribution in [0, 0.1) is 5.92 Å². The summed E-state index contributed by atoms with van der Waals surface area (Å²) in [5.41, 5.74) is 0.712. The van der Waals surface area contributed by atoms with Crippen molar-refractivity contribution in [1.82, 2.24) is 5.32 Å². The first-order valence-corrected chi connectivity index (χ1v) is 7.33. The van der Waals surface area contributed by atoms with E-state index in [0.29, 0.717) is 30.3 Å². The SMILES string of the molecule is CCOc1ccc(C(=O)C2CC[N]CC2)cc1OCC. The van der Waals surface area contributed by atoms with E-state index in [9.17, 15) is 4.79 Å². The van der Waals surface area contributed by atoms with Crippen LogP contribution in [0.25, 0.3) is 0 Å². The van der Waals surface area contributed by atoms with Gasteiger partial charge in [0.05, 0.1) is 13.2 Å². The number of piperidine rings is 1. The van der Waals surface area contributed by atoms with Gasteiger partial charge in [-0.2, -0.15) is 0 Å². The van der Waals surface area contributed by atoms with Crippen LogP contribution >= 0.6 is 0 Å². The highest BCUT2D eigenvalue weighted by Gasteiger charge is 2.23. The Morgan fingerprint density at radius 3 is 2.45 bits per heavy atom. The molecule has 0 N–H and O–H groups in total. The van der Waals surface area contributed by atoms with Crippen LogP contribution in [0.5, 0.6) is 11.5 Å². The van der Waals surface area contributed by atoms with Crippen LogP contribution < -0.4 is 14.8 Å². The van der Waals surface area contributed by atoms with Gasteiger partial charge in [-0.15, -0.1) is 0 Å². The smallest absolute Gasteiger partial charge is 0.166 e. The van der Waals surface area contributed by atoms with Gasteiger partial charge in [-0.25, -0.2) is 5.32 Å². The van der Waals surface area contributed by atoms with Crippen molar-refractivity contribution in [1.29, 1.82) is 0 Å². The highest BCUT2D eigenvalue weighted by molar-refractivity contribution is 5.98. The number of carbonyl (C=O) groups is 1. The number of rotatable bonds is 6. The summed E-state index contributed by atoms with van der Waals surface area (Å²) in [4.78, 5) is 12.5. The second-order valence-corrected chi connectivity index (χ2v) is 4.84. The van der Waals surface area contributed by atoms with E-state index in [1.165, 1.54) is 0 Å². The van der Waals surface area contributed by atoms with Crippen molar-refractivity contribution in [3.63, 3.8) is 0 Å². The van der Waals surface area contributed by atoms with E-state index < -0.39 is 0 Å². The minimum Gasteiger partial charge on any atom is -0.490 e. The standard InChI is InChI=1S/C16H22NO3/c1-3-19-14-6-5-13(11-15(14)20-4-2)16(18)12-7-9-17-10-8-12/h5-6,11-12H,3-4,7-10H2,1-2H3. The van der Waals surface area contributed by atoms with Gasteiger partial charge in [-0.05, 0) is 44.9 Å². The number of hydrogen-bond acceptors (Lipinski definition) is 3. The first-order valence-electron chi connectivity index (χ1n) is 7.33.